The Hall–Kier alpha value is -3.26. The van der Waals surface area contributed by atoms with Gasteiger partial charge in [-0.05, 0) is 38.5 Å². The van der Waals surface area contributed by atoms with Crippen LogP contribution in [0, 0.1) is 5.41 Å². The van der Waals surface area contributed by atoms with Gasteiger partial charge in [-0.15, -0.1) is 0 Å². The van der Waals surface area contributed by atoms with E-state index in [2.05, 4.69) is 77.8 Å². The molecule has 70 heavy (non-hydrogen) atoms. The molecule has 0 spiro atoms. The molecule has 0 radical (unpaired) electrons. The fourth-order valence-electron chi connectivity index (χ4n) is 6.65. The summed E-state index contributed by atoms with van der Waals surface area (Å²) in [5.74, 6) is -1.24. The monoisotopic (exact) mass is 1070 g/mol. The Labute approximate surface area is 410 Å². The largest absolute Gasteiger partial charge is 0.481 e. The summed E-state index contributed by atoms with van der Waals surface area (Å²) in [6.45, 7) is 2.49. The summed E-state index contributed by atoms with van der Waals surface area (Å²) < 4.78 is 62.4. The van der Waals surface area contributed by atoms with E-state index in [0.29, 0.717) is 6.42 Å². The van der Waals surface area contributed by atoms with Gasteiger partial charge in [-0.2, -0.15) is 4.31 Å². The molecule has 25 nitrogen and oxygen atoms in total. The second kappa shape index (κ2) is 30.1. The summed E-state index contributed by atoms with van der Waals surface area (Å²) in [7, 11) is -16.4. The lowest BCUT2D eigenvalue weighted by atomic mass is 9.87. The van der Waals surface area contributed by atoms with Crippen LogP contribution in [-0.2, 0) is 50.7 Å². The van der Waals surface area contributed by atoms with Crippen LogP contribution in [0.1, 0.15) is 104 Å². The fourth-order valence-corrected chi connectivity index (χ4v) is 10.2. The molecule has 11 N–H and O–H groups in total. The molecule has 0 saturated carbocycles. The first-order valence-electron chi connectivity index (χ1n) is 22.6. The Bertz CT molecular complexity index is 2210. The molecule has 1 fully saturated rings. The number of hydrogen-bond donors (Lipinski definition) is 10. The van der Waals surface area contributed by atoms with E-state index in [0.717, 1.165) is 86.8 Å². The lowest BCUT2D eigenvalue weighted by Gasteiger charge is -2.30. The quantitative estimate of drug-likeness (QED) is 0.0269. The summed E-state index contributed by atoms with van der Waals surface area (Å²) in [5, 5.41) is 36.6. The summed E-state index contributed by atoms with van der Waals surface area (Å²) >= 11 is 0.989. The Kier molecular flexibility index (Phi) is 26.2. The number of aromatic nitrogens is 4. The molecular weight excluding hydrogens is 1000 g/mol. The van der Waals surface area contributed by atoms with Gasteiger partial charge in [0.15, 0.2) is 22.8 Å². The van der Waals surface area contributed by atoms with Crippen molar-refractivity contribution in [2.45, 2.75) is 135 Å². The molecule has 29 heteroatoms. The van der Waals surface area contributed by atoms with Crippen molar-refractivity contribution in [3.05, 3.63) is 49.1 Å². The van der Waals surface area contributed by atoms with Crippen LogP contribution >= 0.6 is 35.2 Å². The molecule has 0 bridgehead atoms. The predicted octanol–water partition coefficient (Wildman–Crippen LogP) is 4.01. The number of fused-ring (bicyclic) bond motifs is 1. The standard InChI is InChI=1S/C41H68N7O18P3S/c1-4-5-6-7-8-9-10-11-12-13-14-15-16-17-18-19-29(49)24-32(51)70-23-22-43-31(50)20-21-44-39(54)36(53)41(2,3)26-63-69(60,61)66-68(58,59)62-25-30-35(65-67(55,56)57)34(52)40(64-30)48-28-47-33-37(42)45-27-46-38(33)48/h5-6,8-9,11-12,27-30,34-36,40,49,52-53H,4,7,10,13-26H2,1-3H3,(H,43,50)(H,44,54)(H,58,59)(H,60,61)(H2,42,45,46)(H2,55,56,57)/b6-5-,9-8-,12-11-/t29?,30-,34-,35-,36+,40-/m1/s1. The number of nitrogens with zero attached hydrogens (tertiary/aromatic N) is 4. The van der Waals surface area contributed by atoms with Crippen LogP contribution in [0.5, 0.6) is 0 Å². The van der Waals surface area contributed by atoms with Gasteiger partial charge in [0, 0.05) is 37.1 Å². The molecule has 0 aromatic carbocycles. The van der Waals surface area contributed by atoms with Crippen molar-refractivity contribution in [1.29, 1.82) is 0 Å². The van der Waals surface area contributed by atoms with Gasteiger partial charge in [0.2, 0.25) is 11.8 Å². The van der Waals surface area contributed by atoms with Gasteiger partial charge >= 0.3 is 23.5 Å². The normalized spacial score (nSPS) is 20.5. The number of phosphoric acid groups is 3. The molecule has 8 atom stereocenters. The molecule has 1 aliphatic heterocycles. The number of unbranched alkanes of at least 4 members (excludes halogenated alkanes) is 5. The third-order valence-electron chi connectivity index (χ3n) is 10.4. The fraction of sp³-hybridized carbons (Fsp3) is 0.659. The van der Waals surface area contributed by atoms with Crippen molar-refractivity contribution in [3.8, 4) is 0 Å². The van der Waals surface area contributed by atoms with E-state index in [1.165, 1.54) is 13.8 Å². The average molecular weight is 1070 g/mol. The molecule has 3 rings (SSSR count). The summed E-state index contributed by atoms with van der Waals surface area (Å²) in [6, 6.07) is 0. The van der Waals surface area contributed by atoms with Crippen molar-refractivity contribution in [3.63, 3.8) is 0 Å². The maximum absolute atomic E-state index is 12.7. The van der Waals surface area contributed by atoms with Crippen molar-refractivity contribution < 1.29 is 85.6 Å². The molecule has 396 valence electrons. The number of phosphoric ester groups is 3. The molecule has 2 aromatic heterocycles. The first-order valence-corrected chi connectivity index (χ1v) is 28.1. The average Bonchev–Trinajstić information content (AvgIpc) is 3.84. The maximum atomic E-state index is 12.7. The van der Waals surface area contributed by atoms with Gasteiger partial charge in [0.05, 0.1) is 25.6 Å². The number of nitrogen functional groups attached to an aromatic ring is 1. The third kappa shape index (κ3) is 22.7. The van der Waals surface area contributed by atoms with Gasteiger partial charge in [-0.1, -0.05) is 94.7 Å². The Balaban J connectivity index is 1.30. The van der Waals surface area contributed by atoms with Gasteiger partial charge in [0.25, 0.3) is 0 Å². The number of amides is 2. The minimum Gasteiger partial charge on any atom is -0.393 e. The number of rotatable bonds is 34. The number of allylic oxidation sites excluding steroid dienone is 6. The molecule has 3 heterocycles. The lowest BCUT2D eigenvalue weighted by molar-refractivity contribution is -0.137. The highest BCUT2D eigenvalue weighted by molar-refractivity contribution is 8.13. The number of carbonyl (C=O) groups excluding carboxylic acids is 3. The van der Waals surface area contributed by atoms with E-state index in [1.54, 1.807) is 0 Å². The van der Waals surface area contributed by atoms with Crippen LogP contribution in [0.25, 0.3) is 11.2 Å². The number of thioether (sulfide) groups is 1. The smallest absolute Gasteiger partial charge is 0.393 e. The van der Waals surface area contributed by atoms with Crippen LogP contribution in [0.15, 0.2) is 49.1 Å². The van der Waals surface area contributed by atoms with E-state index >= 15 is 0 Å². The zero-order valence-corrected chi connectivity index (χ0v) is 42.8. The second-order valence-corrected chi connectivity index (χ2v) is 22.2. The van der Waals surface area contributed by atoms with Gasteiger partial charge in [-0.25, -0.2) is 28.6 Å². The first kappa shape index (κ1) is 61.0. The Morgan fingerprint density at radius 2 is 1.57 bits per heavy atom. The van der Waals surface area contributed by atoms with Gasteiger partial charge in [0.1, 0.15) is 36.3 Å². The predicted molar refractivity (Wildman–Crippen MR) is 257 cm³/mol. The molecule has 1 saturated heterocycles. The maximum Gasteiger partial charge on any atom is 0.481 e. The molecular formula is C41H68N7O18P3S. The van der Waals surface area contributed by atoms with E-state index in [4.69, 9.17) is 19.5 Å². The highest BCUT2D eigenvalue weighted by Crippen LogP contribution is 2.61. The SMILES string of the molecule is CC/C=C\C/C=C\C/C=C\CCCCCCCC(O)CC(=O)SCCNC(=O)CCNC(=O)[C@H](O)C(C)(C)COP(=O)(O)OP(=O)(O)OC[C@H]1O[C@@H](n2cnc3c(N)ncnc32)[C@H](O)[C@@H]1OP(=O)(O)O. The second-order valence-electron chi connectivity index (χ2n) is 16.8. The summed E-state index contributed by atoms with van der Waals surface area (Å²) in [6.07, 6.45) is 15.0. The van der Waals surface area contributed by atoms with Crippen LogP contribution in [0.2, 0.25) is 0 Å². The third-order valence-corrected chi connectivity index (χ3v) is 14.4. The minimum absolute atomic E-state index is 0.00856. The van der Waals surface area contributed by atoms with Crippen LogP contribution in [0.4, 0.5) is 5.82 Å². The van der Waals surface area contributed by atoms with Crippen LogP contribution < -0.4 is 16.4 Å². The number of ether oxygens (including phenoxy) is 1. The van der Waals surface area contributed by atoms with E-state index < -0.39 is 90.7 Å². The van der Waals surface area contributed by atoms with Crippen molar-refractivity contribution >= 4 is 69.1 Å². The van der Waals surface area contributed by atoms with E-state index in [-0.39, 0.29) is 53.8 Å². The van der Waals surface area contributed by atoms with Crippen LogP contribution in [-0.4, -0.2) is 134 Å². The van der Waals surface area contributed by atoms with Crippen molar-refractivity contribution in [2.75, 3.05) is 37.8 Å². The number of imidazole rings is 1. The van der Waals surface area contributed by atoms with E-state index in [9.17, 15) is 63.0 Å². The highest BCUT2D eigenvalue weighted by Gasteiger charge is 2.50. The number of nitrogens with one attached hydrogen (secondary N) is 2. The molecule has 1 aliphatic rings. The topological polar surface area (TPSA) is 384 Å². The number of hydrogen-bond acceptors (Lipinski definition) is 19. The number of aliphatic hydroxyl groups excluding tert-OH is 3. The van der Waals surface area contributed by atoms with Gasteiger partial charge < -0.3 is 56.0 Å². The summed E-state index contributed by atoms with van der Waals surface area (Å²) in [4.78, 5) is 88.5. The number of aliphatic hydroxyl groups is 3. The first-order chi connectivity index (χ1) is 32.9. The minimum atomic E-state index is -5.59. The van der Waals surface area contributed by atoms with Crippen molar-refractivity contribution in [1.82, 2.24) is 30.2 Å². The molecule has 2 amide bonds. The van der Waals surface area contributed by atoms with Crippen molar-refractivity contribution in [2.24, 2.45) is 5.41 Å². The highest BCUT2D eigenvalue weighted by atomic mass is 32.2. The Morgan fingerprint density at radius 1 is 0.914 bits per heavy atom. The molecule has 3 unspecified atom stereocenters. The number of carbonyl (C=O) groups is 3. The lowest BCUT2D eigenvalue weighted by Crippen LogP contribution is -2.46. The van der Waals surface area contributed by atoms with Gasteiger partial charge in [-0.3, -0.25) is 32.5 Å². The zero-order valence-electron chi connectivity index (χ0n) is 39.3. The van der Waals surface area contributed by atoms with Crippen LogP contribution in [0.3, 0.4) is 0 Å². The Morgan fingerprint density at radius 3 is 2.27 bits per heavy atom. The van der Waals surface area contributed by atoms with E-state index in [1.807, 2.05) is 0 Å². The number of nitrogens with two attached hydrogens (primary N) is 1. The molecule has 2 aromatic rings. The number of anilines is 1. The zero-order chi connectivity index (χ0) is 52.0. The summed E-state index contributed by atoms with van der Waals surface area (Å²) in [5.41, 5.74) is 4.25. The molecule has 0 aliphatic carbocycles.